The summed E-state index contributed by atoms with van der Waals surface area (Å²) < 4.78 is 39.5. The molecule has 6 heteroatoms. The van der Waals surface area contributed by atoms with E-state index in [9.17, 15) is 18.0 Å². The maximum absolute atomic E-state index is 11.9. The van der Waals surface area contributed by atoms with Gasteiger partial charge < -0.3 is 9.72 Å². The third kappa shape index (κ3) is 2.16. The van der Waals surface area contributed by atoms with Gasteiger partial charge in [0.1, 0.15) is 5.75 Å². The van der Waals surface area contributed by atoms with Gasteiger partial charge in [-0.3, -0.25) is 4.79 Å². The van der Waals surface area contributed by atoms with Crippen LogP contribution in [0.4, 0.5) is 13.2 Å². The summed E-state index contributed by atoms with van der Waals surface area (Å²) in [5.74, 6) is -0.359. The summed E-state index contributed by atoms with van der Waals surface area (Å²) in [5, 5.41) is 0.317. The molecule has 1 heterocycles. The van der Waals surface area contributed by atoms with E-state index < -0.39 is 6.36 Å². The summed E-state index contributed by atoms with van der Waals surface area (Å²) >= 11 is 0. The second kappa shape index (κ2) is 3.55. The molecule has 2 aromatic rings. The molecule has 0 aliphatic heterocycles. The Labute approximate surface area is 87.5 Å². The van der Waals surface area contributed by atoms with E-state index in [1.165, 1.54) is 18.3 Å². The number of ether oxygens (including phenoxy) is 1. The number of fused-ring (bicyclic) bond motifs is 1. The highest BCUT2D eigenvalue weighted by molar-refractivity contribution is 5.79. The lowest BCUT2D eigenvalue weighted by Crippen LogP contribution is -2.17. The summed E-state index contributed by atoms with van der Waals surface area (Å²) in [5.41, 5.74) is 0.0431. The van der Waals surface area contributed by atoms with Crippen LogP contribution in [0.3, 0.4) is 0 Å². The molecule has 1 aromatic carbocycles. The first-order valence-electron chi connectivity index (χ1n) is 4.33. The number of benzene rings is 1. The molecule has 1 aromatic heterocycles. The average molecular weight is 229 g/mol. The van der Waals surface area contributed by atoms with Gasteiger partial charge in [-0.1, -0.05) is 0 Å². The monoisotopic (exact) mass is 229 g/mol. The molecule has 0 unspecified atom stereocenters. The number of nitrogens with one attached hydrogen (secondary N) is 1. The number of halogens is 3. The maximum Gasteiger partial charge on any atom is 0.573 e. The molecule has 0 saturated heterocycles. The molecule has 0 amide bonds. The van der Waals surface area contributed by atoms with Gasteiger partial charge in [0, 0.05) is 23.7 Å². The molecule has 0 saturated carbocycles. The fourth-order valence-corrected chi connectivity index (χ4v) is 1.35. The van der Waals surface area contributed by atoms with E-state index in [1.807, 2.05) is 0 Å². The fraction of sp³-hybridized carbons (Fsp3) is 0.100. The van der Waals surface area contributed by atoms with Crippen molar-refractivity contribution in [3.8, 4) is 5.75 Å². The smallest absolute Gasteiger partial charge is 0.406 e. The molecule has 84 valence electrons. The molecule has 3 nitrogen and oxygen atoms in total. The molecule has 0 atom stereocenters. The number of H-pyrrole nitrogens is 1. The van der Waals surface area contributed by atoms with Crippen LogP contribution in [0.25, 0.3) is 10.9 Å². The van der Waals surface area contributed by atoms with E-state index in [0.29, 0.717) is 10.9 Å². The number of rotatable bonds is 1. The van der Waals surface area contributed by atoms with Crippen molar-refractivity contribution >= 4 is 10.9 Å². The van der Waals surface area contributed by atoms with Crippen LogP contribution in [0, 0.1) is 0 Å². The van der Waals surface area contributed by atoms with E-state index in [4.69, 9.17) is 0 Å². The minimum atomic E-state index is -4.73. The van der Waals surface area contributed by atoms with Gasteiger partial charge in [-0.25, -0.2) is 0 Å². The second-order valence-corrected chi connectivity index (χ2v) is 3.10. The number of pyridine rings is 1. The number of alkyl halides is 3. The predicted octanol–water partition coefficient (Wildman–Crippen LogP) is 2.43. The highest BCUT2D eigenvalue weighted by Crippen LogP contribution is 2.24. The van der Waals surface area contributed by atoms with Crippen molar-refractivity contribution in [2.45, 2.75) is 6.36 Å². The van der Waals surface area contributed by atoms with Gasteiger partial charge in [0.25, 0.3) is 0 Å². The Morgan fingerprint density at radius 3 is 2.62 bits per heavy atom. The first-order chi connectivity index (χ1) is 7.46. The lowest BCUT2D eigenvalue weighted by atomic mass is 10.2. The Hall–Kier alpha value is -1.98. The number of hydrogen-bond acceptors (Lipinski definition) is 2. The van der Waals surface area contributed by atoms with Gasteiger partial charge in [-0.2, -0.15) is 0 Å². The number of aromatic nitrogens is 1. The van der Waals surface area contributed by atoms with Crippen molar-refractivity contribution in [1.82, 2.24) is 4.98 Å². The highest BCUT2D eigenvalue weighted by atomic mass is 19.4. The number of hydrogen-bond donors (Lipinski definition) is 1. The molecular weight excluding hydrogens is 223 g/mol. The van der Waals surface area contributed by atoms with E-state index in [0.717, 1.165) is 12.1 Å². The highest BCUT2D eigenvalue weighted by Gasteiger charge is 2.31. The topological polar surface area (TPSA) is 42.1 Å². The lowest BCUT2D eigenvalue weighted by molar-refractivity contribution is -0.274. The van der Waals surface area contributed by atoms with Gasteiger partial charge in [-0.05, 0) is 12.1 Å². The van der Waals surface area contributed by atoms with Gasteiger partial charge in [0.15, 0.2) is 5.43 Å². The van der Waals surface area contributed by atoms with E-state index in [2.05, 4.69) is 9.72 Å². The average Bonchev–Trinajstić information content (AvgIpc) is 2.15. The van der Waals surface area contributed by atoms with Crippen molar-refractivity contribution in [3.63, 3.8) is 0 Å². The Kier molecular flexibility index (Phi) is 2.34. The van der Waals surface area contributed by atoms with Crippen LogP contribution in [0.1, 0.15) is 0 Å². The van der Waals surface area contributed by atoms with Crippen LogP contribution in [0.5, 0.6) is 5.75 Å². The molecule has 0 aliphatic carbocycles. The zero-order valence-corrected chi connectivity index (χ0v) is 7.84. The van der Waals surface area contributed by atoms with Crippen LogP contribution in [0.15, 0.2) is 35.3 Å². The lowest BCUT2D eigenvalue weighted by Gasteiger charge is -2.08. The zero-order valence-electron chi connectivity index (χ0n) is 7.84. The molecule has 0 aliphatic rings. The Morgan fingerprint density at radius 2 is 1.94 bits per heavy atom. The summed E-state index contributed by atoms with van der Waals surface area (Å²) in [6.07, 6.45) is -3.37. The Balaban J connectivity index is 2.49. The summed E-state index contributed by atoms with van der Waals surface area (Å²) in [6, 6.07) is 4.82. The minimum Gasteiger partial charge on any atom is -0.406 e. The largest absolute Gasteiger partial charge is 0.573 e. The third-order valence-electron chi connectivity index (χ3n) is 1.96. The minimum absolute atomic E-state index is 0.257. The van der Waals surface area contributed by atoms with Crippen molar-refractivity contribution in [2.24, 2.45) is 0 Å². The van der Waals surface area contributed by atoms with Crippen molar-refractivity contribution in [1.29, 1.82) is 0 Å². The summed E-state index contributed by atoms with van der Waals surface area (Å²) in [7, 11) is 0. The normalized spacial score (nSPS) is 11.7. The first kappa shape index (κ1) is 10.5. The molecule has 0 spiro atoms. The molecule has 0 radical (unpaired) electrons. The van der Waals surface area contributed by atoms with Gasteiger partial charge in [0.05, 0.1) is 5.52 Å². The number of aromatic amines is 1. The fourth-order valence-electron chi connectivity index (χ4n) is 1.35. The SMILES string of the molecule is O=c1cc[nH]c2cc(OC(F)(F)F)ccc12. The van der Waals surface area contributed by atoms with Gasteiger partial charge in [0.2, 0.25) is 0 Å². The standard InChI is InChI=1S/C10H6F3NO2/c11-10(12,13)16-6-1-2-7-8(5-6)14-4-3-9(7)15/h1-5H,(H,14,15). The van der Waals surface area contributed by atoms with Crippen LogP contribution in [0.2, 0.25) is 0 Å². The van der Waals surface area contributed by atoms with Crippen molar-refractivity contribution < 1.29 is 17.9 Å². The maximum atomic E-state index is 11.9. The Morgan fingerprint density at radius 1 is 1.19 bits per heavy atom. The van der Waals surface area contributed by atoms with Crippen LogP contribution >= 0.6 is 0 Å². The van der Waals surface area contributed by atoms with Gasteiger partial charge in [-0.15, -0.1) is 13.2 Å². The van der Waals surface area contributed by atoms with E-state index >= 15 is 0 Å². The first-order valence-corrected chi connectivity index (χ1v) is 4.33. The van der Waals surface area contributed by atoms with E-state index in [1.54, 1.807) is 0 Å². The van der Waals surface area contributed by atoms with Crippen molar-refractivity contribution in [3.05, 3.63) is 40.7 Å². The summed E-state index contributed by atoms with van der Waals surface area (Å²) in [6.45, 7) is 0. The van der Waals surface area contributed by atoms with E-state index in [-0.39, 0.29) is 11.2 Å². The second-order valence-electron chi connectivity index (χ2n) is 3.10. The third-order valence-corrected chi connectivity index (χ3v) is 1.96. The predicted molar refractivity (Wildman–Crippen MR) is 51.3 cm³/mol. The van der Waals surface area contributed by atoms with Gasteiger partial charge >= 0.3 is 6.36 Å². The molecule has 16 heavy (non-hydrogen) atoms. The molecule has 0 bridgehead atoms. The van der Waals surface area contributed by atoms with Crippen LogP contribution in [-0.4, -0.2) is 11.3 Å². The molecule has 1 N–H and O–H groups in total. The van der Waals surface area contributed by atoms with Crippen molar-refractivity contribution in [2.75, 3.05) is 0 Å². The van der Waals surface area contributed by atoms with Crippen LogP contribution in [-0.2, 0) is 0 Å². The molecule has 0 fully saturated rings. The Bertz CT molecular complexity index is 574. The quantitative estimate of drug-likeness (QED) is 0.815. The van der Waals surface area contributed by atoms with Crippen LogP contribution < -0.4 is 10.2 Å². The zero-order chi connectivity index (χ0) is 11.8. The molecule has 2 rings (SSSR count). The summed E-state index contributed by atoms with van der Waals surface area (Å²) in [4.78, 5) is 14.0. The molecular formula is C10H6F3NO2.